The van der Waals surface area contributed by atoms with Gasteiger partial charge in [-0.1, -0.05) is 12.1 Å². The highest BCUT2D eigenvalue weighted by Gasteiger charge is 2.41. The molecule has 2 rings (SSSR count). The molecular formula is C16H20F3N3O3. The molecule has 9 heteroatoms. The molecule has 25 heavy (non-hydrogen) atoms. The van der Waals surface area contributed by atoms with Crippen LogP contribution in [0, 0.1) is 0 Å². The summed E-state index contributed by atoms with van der Waals surface area (Å²) in [7, 11) is 0. The van der Waals surface area contributed by atoms with E-state index in [0.717, 1.165) is 0 Å². The van der Waals surface area contributed by atoms with Gasteiger partial charge in [0.1, 0.15) is 6.10 Å². The summed E-state index contributed by atoms with van der Waals surface area (Å²) in [6, 6.07) is 6.37. The molecule has 1 aromatic carbocycles. The number of amides is 2. The molecule has 0 aromatic heterocycles. The molecule has 1 fully saturated rings. The van der Waals surface area contributed by atoms with Gasteiger partial charge in [-0.15, -0.1) is 0 Å². The van der Waals surface area contributed by atoms with Gasteiger partial charge in [-0.05, 0) is 24.6 Å². The van der Waals surface area contributed by atoms with E-state index in [0.29, 0.717) is 35.8 Å². The van der Waals surface area contributed by atoms with E-state index >= 15 is 0 Å². The fourth-order valence-electron chi connectivity index (χ4n) is 2.43. The third kappa shape index (κ3) is 5.43. The minimum atomic E-state index is -4.91. The lowest BCUT2D eigenvalue weighted by Crippen LogP contribution is -2.45. The van der Waals surface area contributed by atoms with Crippen molar-refractivity contribution in [1.29, 1.82) is 0 Å². The minimum absolute atomic E-state index is 0.0729. The van der Waals surface area contributed by atoms with E-state index < -0.39 is 18.2 Å². The summed E-state index contributed by atoms with van der Waals surface area (Å²) in [6.45, 7) is 2.72. The number of hydrogen-bond acceptors (Lipinski definition) is 4. The summed E-state index contributed by atoms with van der Waals surface area (Å²) >= 11 is 0. The number of morpholine rings is 1. The number of halogens is 3. The van der Waals surface area contributed by atoms with Crippen molar-refractivity contribution in [2.24, 2.45) is 0 Å². The number of nitrogens with zero attached hydrogens (tertiary/aromatic N) is 1. The summed E-state index contributed by atoms with van der Waals surface area (Å²) in [5.74, 6) is -2.21. The number of anilines is 1. The number of hydrogen-bond donors (Lipinski definition) is 2. The molecule has 0 aliphatic carbocycles. The second kappa shape index (κ2) is 8.30. The molecule has 2 N–H and O–H groups in total. The standard InChI is InChI=1S/C16H20F3N3O3/c1-2-22(15(24)16(17,18)19)10-11-4-3-5-12(8-11)21-14(23)13-9-20-6-7-25-13/h3-5,8,13,20H,2,6-7,9-10H2,1H3,(H,21,23). The first kappa shape index (κ1) is 19.2. The maximum Gasteiger partial charge on any atom is 0.471 e. The van der Waals surface area contributed by atoms with Crippen LogP contribution in [0.4, 0.5) is 18.9 Å². The molecule has 0 spiro atoms. The third-order valence-corrected chi connectivity index (χ3v) is 3.70. The zero-order valence-corrected chi connectivity index (χ0v) is 13.7. The average molecular weight is 359 g/mol. The van der Waals surface area contributed by atoms with Crippen molar-refractivity contribution >= 4 is 17.5 Å². The lowest BCUT2D eigenvalue weighted by Gasteiger charge is -2.23. The van der Waals surface area contributed by atoms with Gasteiger partial charge in [0.2, 0.25) is 0 Å². The molecule has 1 atom stereocenters. The fourth-order valence-corrected chi connectivity index (χ4v) is 2.43. The Bertz CT molecular complexity index is 616. The second-order valence-electron chi connectivity index (χ2n) is 5.57. The van der Waals surface area contributed by atoms with E-state index in [1.165, 1.54) is 6.92 Å². The van der Waals surface area contributed by atoms with Crippen molar-refractivity contribution in [3.8, 4) is 0 Å². The van der Waals surface area contributed by atoms with Crippen LogP contribution >= 0.6 is 0 Å². The number of benzene rings is 1. The Morgan fingerprint density at radius 2 is 2.16 bits per heavy atom. The number of rotatable bonds is 5. The highest BCUT2D eigenvalue weighted by Crippen LogP contribution is 2.21. The molecule has 0 radical (unpaired) electrons. The van der Waals surface area contributed by atoms with Crippen molar-refractivity contribution in [3.63, 3.8) is 0 Å². The first-order chi connectivity index (χ1) is 11.8. The lowest BCUT2D eigenvalue weighted by molar-refractivity contribution is -0.185. The van der Waals surface area contributed by atoms with E-state index in [1.807, 2.05) is 0 Å². The van der Waals surface area contributed by atoms with Gasteiger partial charge in [0.15, 0.2) is 0 Å². The Balaban J connectivity index is 2.02. The predicted molar refractivity (Wildman–Crippen MR) is 84.8 cm³/mol. The van der Waals surface area contributed by atoms with Gasteiger partial charge in [-0.3, -0.25) is 9.59 Å². The van der Waals surface area contributed by atoms with Crippen LogP contribution < -0.4 is 10.6 Å². The molecule has 138 valence electrons. The Hall–Kier alpha value is -2.13. The Kier molecular flexibility index (Phi) is 6.38. The normalized spacial score (nSPS) is 17.8. The van der Waals surface area contributed by atoms with Gasteiger partial charge < -0.3 is 20.3 Å². The van der Waals surface area contributed by atoms with E-state index in [4.69, 9.17) is 4.74 Å². The smallest absolute Gasteiger partial charge is 0.366 e. The number of carbonyl (C=O) groups excluding carboxylic acids is 2. The van der Waals surface area contributed by atoms with E-state index in [9.17, 15) is 22.8 Å². The molecule has 0 saturated carbocycles. The molecule has 2 amide bonds. The number of nitrogens with one attached hydrogen (secondary N) is 2. The Labute approximate surface area is 143 Å². The number of alkyl halides is 3. The monoisotopic (exact) mass is 359 g/mol. The third-order valence-electron chi connectivity index (χ3n) is 3.70. The lowest BCUT2D eigenvalue weighted by atomic mass is 10.1. The van der Waals surface area contributed by atoms with E-state index in [1.54, 1.807) is 24.3 Å². The fraction of sp³-hybridized carbons (Fsp3) is 0.500. The predicted octanol–water partition coefficient (Wildman–Crippen LogP) is 1.52. The maximum absolute atomic E-state index is 12.6. The van der Waals surface area contributed by atoms with E-state index in [-0.39, 0.29) is 19.0 Å². The SMILES string of the molecule is CCN(Cc1cccc(NC(=O)C2CNCCO2)c1)C(=O)C(F)(F)F. The molecule has 6 nitrogen and oxygen atoms in total. The second-order valence-corrected chi connectivity index (χ2v) is 5.57. The van der Waals surface area contributed by atoms with E-state index in [2.05, 4.69) is 10.6 Å². The summed E-state index contributed by atoms with van der Waals surface area (Å²) in [4.78, 5) is 24.2. The van der Waals surface area contributed by atoms with Gasteiger partial charge in [0.05, 0.1) is 6.61 Å². The van der Waals surface area contributed by atoms with Crippen LogP contribution in [0.1, 0.15) is 12.5 Å². The van der Waals surface area contributed by atoms with Crippen LogP contribution in [0.15, 0.2) is 24.3 Å². The van der Waals surface area contributed by atoms with Crippen molar-refractivity contribution in [2.75, 3.05) is 31.6 Å². The quantitative estimate of drug-likeness (QED) is 0.836. The molecule has 0 bridgehead atoms. The summed E-state index contributed by atoms with van der Waals surface area (Å²) in [6.07, 6.45) is -5.52. The largest absolute Gasteiger partial charge is 0.471 e. The molecule has 1 saturated heterocycles. The molecule has 1 heterocycles. The van der Waals surface area contributed by atoms with Crippen LogP contribution in [0.5, 0.6) is 0 Å². The number of carbonyl (C=O) groups is 2. The zero-order chi connectivity index (χ0) is 18.4. The highest BCUT2D eigenvalue weighted by molar-refractivity contribution is 5.94. The average Bonchev–Trinajstić information content (AvgIpc) is 2.59. The molecule has 1 aromatic rings. The van der Waals surface area contributed by atoms with Crippen LogP contribution in [0.2, 0.25) is 0 Å². The van der Waals surface area contributed by atoms with Gasteiger partial charge in [-0.25, -0.2) is 0 Å². The molecule has 1 unspecified atom stereocenters. The Morgan fingerprint density at radius 3 is 2.76 bits per heavy atom. The van der Waals surface area contributed by atoms with Crippen LogP contribution in [-0.2, 0) is 20.9 Å². The van der Waals surface area contributed by atoms with Crippen molar-refractivity contribution in [3.05, 3.63) is 29.8 Å². The summed E-state index contributed by atoms with van der Waals surface area (Å²) in [5, 5.41) is 5.71. The molecule has 1 aliphatic rings. The molecular weight excluding hydrogens is 339 g/mol. The first-order valence-corrected chi connectivity index (χ1v) is 7.89. The van der Waals surface area contributed by atoms with Crippen LogP contribution in [0.3, 0.4) is 0 Å². The summed E-state index contributed by atoms with van der Waals surface area (Å²) in [5.41, 5.74) is 0.923. The van der Waals surface area contributed by atoms with Crippen molar-refractivity contribution in [1.82, 2.24) is 10.2 Å². The summed E-state index contributed by atoms with van der Waals surface area (Å²) < 4.78 is 43.1. The van der Waals surface area contributed by atoms with Gasteiger partial charge in [-0.2, -0.15) is 13.2 Å². The van der Waals surface area contributed by atoms with Crippen molar-refractivity contribution < 1.29 is 27.5 Å². The van der Waals surface area contributed by atoms with Gasteiger partial charge in [0, 0.05) is 31.9 Å². The zero-order valence-electron chi connectivity index (χ0n) is 13.7. The van der Waals surface area contributed by atoms with Crippen LogP contribution in [0.25, 0.3) is 0 Å². The molecule has 1 aliphatic heterocycles. The Morgan fingerprint density at radius 1 is 1.40 bits per heavy atom. The number of ether oxygens (including phenoxy) is 1. The van der Waals surface area contributed by atoms with Crippen molar-refractivity contribution in [2.45, 2.75) is 25.7 Å². The van der Waals surface area contributed by atoms with Gasteiger partial charge >= 0.3 is 12.1 Å². The highest BCUT2D eigenvalue weighted by atomic mass is 19.4. The maximum atomic E-state index is 12.6. The first-order valence-electron chi connectivity index (χ1n) is 7.89. The minimum Gasteiger partial charge on any atom is -0.366 e. The van der Waals surface area contributed by atoms with Gasteiger partial charge in [0.25, 0.3) is 5.91 Å². The topological polar surface area (TPSA) is 70.7 Å². The van der Waals surface area contributed by atoms with Crippen LogP contribution in [-0.4, -0.2) is 55.2 Å².